The number of aliphatic carboxylic acids is 1. The molecule has 0 spiro atoms. The van der Waals surface area contributed by atoms with Crippen molar-refractivity contribution in [3.8, 4) is 11.8 Å². The Kier molecular flexibility index (Phi) is 9.34. The molecule has 4 heterocycles. The molecule has 13 heteroatoms. The van der Waals surface area contributed by atoms with Gasteiger partial charge in [0.2, 0.25) is 0 Å². The van der Waals surface area contributed by atoms with Crippen LogP contribution in [-0.4, -0.2) is 46.6 Å². The van der Waals surface area contributed by atoms with Crippen LogP contribution in [0.1, 0.15) is 34.3 Å². The first-order valence-electron chi connectivity index (χ1n) is 10.3. The lowest BCUT2D eigenvalue weighted by atomic mass is 9.99. The third-order valence-corrected chi connectivity index (χ3v) is 7.18. The van der Waals surface area contributed by atoms with E-state index >= 15 is 0 Å². The molecule has 0 radical (unpaired) electrons. The molecular weight excluding hydrogens is 527 g/mol. The van der Waals surface area contributed by atoms with Crippen molar-refractivity contribution in [2.24, 2.45) is 5.73 Å². The van der Waals surface area contributed by atoms with Crippen molar-refractivity contribution < 1.29 is 32.9 Å². The predicted molar refractivity (Wildman–Crippen MR) is 130 cm³/mol. The number of aliphatic hydroxyl groups excluding tert-OH is 1. The van der Waals surface area contributed by atoms with Crippen LogP contribution in [0, 0.1) is 11.8 Å². The van der Waals surface area contributed by atoms with Crippen LogP contribution in [0.3, 0.4) is 0 Å². The van der Waals surface area contributed by atoms with E-state index in [-0.39, 0.29) is 18.8 Å². The van der Waals surface area contributed by atoms with Gasteiger partial charge in [-0.05, 0) is 24.3 Å². The maximum Gasteiger partial charge on any atom is 0.490 e. The SMILES string of the molecule is N[C@@H]1CCCO[C@H]1c1sc2c(NCc3cccs3)cc(Cl)nc2c1C#CCO.O=C(O)C(F)(F)F. The van der Waals surface area contributed by atoms with Gasteiger partial charge in [0, 0.05) is 30.1 Å². The van der Waals surface area contributed by atoms with Gasteiger partial charge in [0.15, 0.2) is 0 Å². The lowest BCUT2D eigenvalue weighted by Gasteiger charge is -2.28. The maximum absolute atomic E-state index is 10.6. The van der Waals surface area contributed by atoms with Gasteiger partial charge in [-0.3, -0.25) is 0 Å². The molecule has 7 nitrogen and oxygen atoms in total. The number of hydrogen-bond donors (Lipinski definition) is 4. The smallest absolute Gasteiger partial charge is 0.475 e. The number of anilines is 1. The van der Waals surface area contributed by atoms with Gasteiger partial charge in [-0.25, -0.2) is 9.78 Å². The van der Waals surface area contributed by atoms with Gasteiger partial charge in [-0.1, -0.05) is 29.5 Å². The lowest BCUT2D eigenvalue weighted by Crippen LogP contribution is -2.34. The van der Waals surface area contributed by atoms with Crippen molar-refractivity contribution in [2.75, 3.05) is 18.5 Å². The van der Waals surface area contributed by atoms with E-state index in [0.717, 1.165) is 39.2 Å². The minimum absolute atomic E-state index is 0.0884. The minimum Gasteiger partial charge on any atom is -0.475 e. The predicted octanol–water partition coefficient (Wildman–Crippen LogP) is 4.78. The highest BCUT2D eigenvalue weighted by atomic mass is 35.5. The summed E-state index contributed by atoms with van der Waals surface area (Å²) < 4.78 is 38.7. The van der Waals surface area contributed by atoms with Crippen molar-refractivity contribution >= 4 is 56.1 Å². The zero-order valence-corrected chi connectivity index (χ0v) is 20.5. The summed E-state index contributed by atoms with van der Waals surface area (Å²) >= 11 is 9.60. The summed E-state index contributed by atoms with van der Waals surface area (Å²) in [5.41, 5.74) is 8.73. The zero-order chi connectivity index (χ0) is 25.6. The number of ether oxygens (including phenoxy) is 1. The highest BCUT2D eigenvalue weighted by molar-refractivity contribution is 7.20. The van der Waals surface area contributed by atoms with E-state index < -0.39 is 12.1 Å². The molecule has 1 aliphatic heterocycles. The van der Waals surface area contributed by atoms with Crippen molar-refractivity contribution in [3.05, 3.63) is 44.1 Å². The van der Waals surface area contributed by atoms with Crippen molar-refractivity contribution in [2.45, 2.75) is 37.7 Å². The monoisotopic (exact) mass is 547 g/mol. The average molecular weight is 548 g/mol. The van der Waals surface area contributed by atoms with Gasteiger partial charge in [-0.2, -0.15) is 13.2 Å². The largest absolute Gasteiger partial charge is 0.490 e. The zero-order valence-electron chi connectivity index (χ0n) is 18.1. The molecule has 3 aromatic rings. The second-order valence-electron chi connectivity index (χ2n) is 7.30. The Hall–Kier alpha value is -2.40. The van der Waals surface area contributed by atoms with Crippen LogP contribution >= 0.6 is 34.3 Å². The summed E-state index contributed by atoms with van der Waals surface area (Å²) in [5, 5.41) is 22.2. The normalized spacial score (nSPS) is 17.8. The van der Waals surface area contributed by atoms with E-state index in [9.17, 15) is 18.3 Å². The number of aromatic nitrogens is 1. The van der Waals surface area contributed by atoms with Crippen LogP contribution in [0.15, 0.2) is 23.6 Å². The minimum atomic E-state index is -5.08. The molecule has 0 unspecified atom stereocenters. The Morgan fingerprint density at radius 3 is 2.77 bits per heavy atom. The summed E-state index contributed by atoms with van der Waals surface area (Å²) in [5.74, 6) is 3.04. The molecule has 1 aliphatic rings. The van der Waals surface area contributed by atoms with E-state index in [1.165, 1.54) is 4.88 Å². The second kappa shape index (κ2) is 12.0. The van der Waals surface area contributed by atoms with Crippen LogP contribution in [0.2, 0.25) is 5.15 Å². The first-order valence-corrected chi connectivity index (χ1v) is 12.4. The number of pyridine rings is 1. The molecule has 188 valence electrons. The Bertz CT molecular complexity index is 1220. The highest BCUT2D eigenvalue weighted by Crippen LogP contribution is 2.42. The molecule has 0 bridgehead atoms. The summed E-state index contributed by atoms with van der Waals surface area (Å²) in [6.07, 6.45) is -3.44. The van der Waals surface area contributed by atoms with Crippen molar-refractivity contribution in [1.29, 1.82) is 0 Å². The molecule has 0 amide bonds. The quantitative estimate of drug-likeness (QED) is 0.274. The third kappa shape index (κ3) is 7.07. The maximum atomic E-state index is 10.6. The number of nitrogens with two attached hydrogens (primary N) is 1. The molecule has 5 N–H and O–H groups in total. The molecule has 1 saturated heterocycles. The van der Waals surface area contributed by atoms with E-state index in [2.05, 4.69) is 33.6 Å². The van der Waals surface area contributed by atoms with E-state index in [1.54, 1.807) is 22.7 Å². The van der Waals surface area contributed by atoms with Crippen LogP contribution < -0.4 is 11.1 Å². The second-order valence-corrected chi connectivity index (χ2v) is 9.78. The number of carboxylic acid groups (broad SMARTS) is 1. The number of carbonyl (C=O) groups is 1. The number of aliphatic hydroxyl groups is 1. The molecule has 4 rings (SSSR count). The molecule has 0 aliphatic carbocycles. The Labute approximate surface area is 211 Å². The van der Waals surface area contributed by atoms with Gasteiger partial charge < -0.3 is 26.0 Å². The van der Waals surface area contributed by atoms with Gasteiger partial charge >= 0.3 is 12.1 Å². The number of fused-ring (bicyclic) bond motifs is 1. The van der Waals surface area contributed by atoms with Gasteiger partial charge in [0.05, 0.1) is 20.8 Å². The number of nitrogens with one attached hydrogen (secondary N) is 1. The van der Waals surface area contributed by atoms with Gasteiger partial charge in [0.25, 0.3) is 0 Å². The Morgan fingerprint density at radius 1 is 1.43 bits per heavy atom. The summed E-state index contributed by atoms with van der Waals surface area (Å²) in [6, 6.07) is 5.87. The molecular formula is C22H21ClF3N3O4S2. The van der Waals surface area contributed by atoms with Crippen LogP contribution in [0.4, 0.5) is 18.9 Å². The van der Waals surface area contributed by atoms with Crippen LogP contribution in [-0.2, 0) is 16.1 Å². The molecule has 35 heavy (non-hydrogen) atoms. The fourth-order valence-electron chi connectivity index (χ4n) is 3.30. The topological polar surface area (TPSA) is 118 Å². The average Bonchev–Trinajstić information content (AvgIpc) is 3.44. The number of alkyl halides is 3. The highest BCUT2D eigenvalue weighted by Gasteiger charge is 2.38. The fraction of sp³-hybridized carbons (Fsp3) is 0.364. The van der Waals surface area contributed by atoms with Crippen molar-refractivity contribution in [1.82, 2.24) is 4.98 Å². The number of halogens is 4. The molecule has 3 aromatic heterocycles. The number of hydrogen-bond acceptors (Lipinski definition) is 8. The van der Waals surface area contributed by atoms with E-state index in [1.807, 2.05) is 12.1 Å². The molecule has 0 aromatic carbocycles. The van der Waals surface area contributed by atoms with Gasteiger partial charge in [0.1, 0.15) is 23.4 Å². The fourth-order valence-corrected chi connectivity index (χ4v) is 5.46. The number of rotatable bonds is 4. The third-order valence-electron chi connectivity index (χ3n) is 4.83. The number of carboxylic acids is 1. The number of thiophene rings is 2. The lowest BCUT2D eigenvalue weighted by molar-refractivity contribution is -0.192. The van der Waals surface area contributed by atoms with Crippen LogP contribution in [0.25, 0.3) is 10.2 Å². The Balaban J connectivity index is 0.000000429. The van der Waals surface area contributed by atoms with E-state index in [4.69, 9.17) is 32.0 Å². The first-order chi connectivity index (χ1) is 16.6. The molecule has 1 fully saturated rings. The summed E-state index contributed by atoms with van der Waals surface area (Å²) in [4.78, 5) is 15.6. The van der Waals surface area contributed by atoms with Crippen LogP contribution in [0.5, 0.6) is 0 Å². The summed E-state index contributed by atoms with van der Waals surface area (Å²) in [6.45, 7) is 1.16. The Morgan fingerprint density at radius 2 is 2.17 bits per heavy atom. The standard InChI is InChI=1S/C20H20ClN3O2S2.C2HF3O2/c21-16-10-15(23-11-12-4-3-9-27-12)20-17(24-16)13(5-1-7-25)19(28-20)18-14(22)6-2-8-26-18;3-2(4,5)1(6)7/h3-4,9-10,14,18,25H,2,6-8,11,22H2,(H,23,24);(H,6,7)/t14-,18-;/m1./s1. The number of nitrogens with zero attached hydrogens (tertiary/aromatic N) is 1. The summed E-state index contributed by atoms with van der Waals surface area (Å²) in [7, 11) is 0. The van der Waals surface area contributed by atoms with E-state index in [0.29, 0.717) is 18.3 Å². The molecule has 0 saturated carbocycles. The molecule has 2 atom stereocenters. The van der Waals surface area contributed by atoms with Gasteiger partial charge in [-0.15, -0.1) is 22.7 Å². The van der Waals surface area contributed by atoms with Crippen molar-refractivity contribution in [3.63, 3.8) is 0 Å². The first kappa shape index (κ1) is 27.2.